The summed E-state index contributed by atoms with van der Waals surface area (Å²) < 4.78 is 1.95. The number of aryl methyl sites for hydroxylation is 1. The van der Waals surface area contributed by atoms with E-state index in [9.17, 15) is 9.59 Å². The second-order valence-electron chi connectivity index (χ2n) is 7.58. The van der Waals surface area contributed by atoms with Crippen LogP contribution in [0.1, 0.15) is 11.3 Å². The Hall–Kier alpha value is -4.03. The van der Waals surface area contributed by atoms with E-state index < -0.39 is 11.8 Å². The van der Waals surface area contributed by atoms with Crippen molar-refractivity contribution in [3.63, 3.8) is 0 Å². The van der Waals surface area contributed by atoms with Gasteiger partial charge in [-0.1, -0.05) is 48.5 Å². The van der Waals surface area contributed by atoms with Gasteiger partial charge in [-0.15, -0.1) is 0 Å². The summed E-state index contributed by atoms with van der Waals surface area (Å²) in [5.41, 5.74) is 3.23. The molecule has 1 fully saturated rings. The molecule has 0 spiro atoms. The first-order chi connectivity index (χ1) is 15.5. The van der Waals surface area contributed by atoms with Crippen LogP contribution in [0.5, 0.6) is 0 Å². The molecule has 5 nitrogen and oxygen atoms in total. The van der Waals surface area contributed by atoms with Gasteiger partial charge in [-0.25, -0.2) is 0 Å². The number of anilines is 1. The molecular weight excluding hydrogens is 418 g/mol. The van der Waals surface area contributed by atoms with E-state index in [0.717, 1.165) is 27.7 Å². The van der Waals surface area contributed by atoms with Gasteiger partial charge in [0.15, 0.2) is 5.11 Å². The van der Waals surface area contributed by atoms with Crippen molar-refractivity contribution in [3.05, 3.63) is 102 Å². The number of benzene rings is 3. The molecule has 1 saturated heterocycles. The maximum atomic E-state index is 13.3. The van der Waals surface area contributed by atoms with Gasteiger partial charge in [-0.05, 0) is 71.9 Å². The summed E-state index contributed by atoms with van der Waals surface area (Å²) in [5.74, 6) is -0.949. The van der Waals surface area contributed by atoms with Gasteiger partial charge in [0.2, 0.25) is 0 Å². The van der Waals surface area contributed by atoms with Gasteiger partial charge in [-0.2, -0.15) is 0 Å². The summed E-state index contributed by atoms with van der Waals surface area (Å²) in [5, 5.41) is 4.99. The Morgan fingerprint density at radius 2 is 1.62 bits per heavy atom. The van der Waals surface area contributed by atoms with E-state index in [4.69, 9.17) is 12.2 Å². The molecule has 5 rings (SSSR count). The average molecular weight is 438 g/mol. The summed E-state index contributed by atoms with van der Waals surface area (Å²) in [4.78, 5) is 27.4. The Bertz CT molecular complexity index is 1430. The summed E-state index contributed by atoms with van der Waals surface area (Å²) in [6.07, 6.45) is 3.52. The molecule has 156 valence electrons. The SMILES string of the molecule is Cc1ccccc1N1C(=O)/C(=C/c2cccn2-c2ccc3ccccc3c2)C(=O)NC1=S. The number of nitrogens with zero attached hydrogens (tertiary/aromatic N) is 2. The van der Waals surface area contributed by atoms with Crippen LogP contribution in [0.15, 0.2) is 90.6 Å². The van der Waals surface area contributed by atoms with Gasteiger partial charge in [0.25, 0.3) is 11.8 Å². The highest BCUT2D eigenvalue weighted by atomic mass is 32.1. The van der Waals surface area contributed by atoms with Gasteiger partial charge in [0, 0.05) is 17.6 Å². The lowest BCUT2D eigenvalue weighted by molar-refractivity contribution is -0.122. The van der Waals surface area contributed by atoms with Gasteiger partial charge < -0.3 is 4.57 Å². The fourth-order valence-corrected chi connectivity index (χ4v) is 4.19. The van der Waals surface area contributed by atoms with Crippen molar-refractivity contribution in [3.8, 4) is 5.69 Å². The fourth-order valence-electron chi connectivity index (χ4n) is 3.91. The minimum Gasteiger partial charge on any atom is -0.317 e. The lowest BCUT2D eigenvalue weighted by Gasteiger charge is -2.30. The number of nitrogens with one attached hydrogen (secondary N) is 1. The number of carbonyl (C=O) groups is 2. The van der Waals surface area contributed by atoms with Crippen molar-refractivity contribution < 1.29 is 9.59 Å². The van der Waals surface area contributed by atoms with E-state index in [-0.39, 0.29) is 10.7 Å². The van der Waals surface area contributed by atoms with Gasteiger partial charge in [-0.3, -0.25) is 19.8 Å². The minimum atomic E-state index is -0.504. The third kappa shape index (κ3) is 3.40. The third-order valence-electron chi connectivity index (χ3n) is 5.54. The molecule has 0 atom stereocenters. The zero-order valence-electron chi connectivity index (χ0n) is 17.3. The normalized spacial score (nSPS) is 15.5. The second-order valence-corrected chi connectivity index (χ2v) is 7.97. The Morgan fingerprint density at radius 1 is 0.875 bits per heavy atom. The number of hydrogen-bond donors (Lipinski definition) is 1. The highest BCUT2D eigenvalue weighted by Crippen LogP contribution is 2.26. The van der Waals surface area contributed by atoms with E-state index in [1.807, 2.05) is 72.3 Å². The predicted octanol–water partition coefficient (Wildman–Crippen LogP) is 4.77. The van der Waals surface area contributed by atoms with Crippen LogP contribution in [0, 0.1) is 6.92 Å². The lowest BCUT2D eigenvalue weighted by Crippen LogP contribution is -2.54. The van der Waals surface area contributed by atoms with Crippen molar-refractivity contribution in [2.75, 3.05) is 4.90 Å². The van der Waals surface area contributed by atoms with E-state index in [0.29, 0.717) is 5.69 Å². The second kappa shape index (κ2) is 7.90. The summed E-state index contributed by atoms with van der Waals surface area (Å²) in [7, 11) is 0. The molecule has 0 unspecified atom stereocenters. The molecule has 2 heterocycles. The van der Waals surface area contributed by atoms with E-state index in [1.54, 1.807) is 6.08 Å². The maximum Gasteiger partial charge on any atom is 0.270 e. The first-order valence-electron chi connectivity index (χ1n) is 10.2. The monoisotopic (exact) mass is 437 g/mol. The van der Waals surface area contributed by atoms with Crippen LogP contribution in [0.3, 0.4) is 0 Å². The van der Waals surface area contributed by atoms with Crippen LogP contribution in [-0.2, 0) is 9.59 Å². The zero-order valence-corrected chi connectivity index (χ0v) is 18.1. The van der Waals surface area contributed by atoms with Crippen LogP contribution in [0.2, 0.25) is 0 Å². The number of para-hydroxylation sites is 1. The number of amides is 2. The number of hydrogen-bond acceptors (Lipinski definition) is 3. The summed E-state index contributed by atoms with van der Waals surface area (Å²) in [6.45, 7) is 1.90. The van der Waals surface area contributed by atoms with Gasteiger partial charge in [0.1, 0.15) is 5.57 Å². The van der Waals surface area contributed by atoms with Crippen molar-refractivity contribution in [2.45, 2.75) is 6.92 Å². The van der Waals surface area contributed by atoms with Crippen LogP contribution < -0.4 is 10.2 Å². The van der Waals surface area contributed by atoms with Crippen LogP contribution in [-0.4, -0.2) is 21.5 Å². The quantitative estimate of drug-likeness (QED) is 0.285. The van der Waals surface area contributed by atoms with Crippen molar-refractivity contribution in [2.24, 2.45) is 0 Å². The molecule has 1 N–H and O–H groups in total. The Balaban J connectivity index is 1.57. The lowest BCUT2D eigenvalue weighted by atomic mass is 10.1. The van der Waals surface area contributed by atoms with E-state index in [2.05, 4.69) is 29.6 Å². The summed E-state index contributed by atoms with van der Waals surface area (Å²) >= 11 is 5.31. The van der Waals surface area contributed by atoms with Crippen LogP contribution in [0.25, 0.3) is 22.5 Å². The predicted molar refractivity (Wildman–Crippen MR) is 131 cm³/mol. The Kier molecular flexibility index (Phi) is 4.92. The highest BCUT2D eigenvalue weighted by Gasteiger charge is 2.35. The topological polar surface area (TPSA) is 54.3 Å². The minimum absolute atomic E-state index is 0.0302. The first kappa shape index (κ1) is 19.9. The largest absolute Gasteiger partial charge is 0.317 e. The smallest absolute Gasteiger partial charge is 0.270 e. The molecule has 2 amide bonds. The molecule has 3 aromatic carbocycles. The van der Waals surface area contributed by atoms with Crippen molar-refractivity contribution in [1.82, 2.24) is 9.88 Å². The summed E-state index contributed by atoms with van der Waals surface area (Å²) in [6, 6.07) is 25.5. The molecule has 4 aromatic rings. The molecule has 1 aromatic heterocycles. The Morgan fingerprint density at radius 3 is 2.44 bits per heavy atom. The number of aromatic nitrogens is 1. The zero-order chi connectivity index (χ0) is 22.2. The molecule has 6 heteroatoms. The molecule has 32 heavy (non-hydrogen) atoms. The Labute approximate surface area is 190 Å². The van der Waals surface area contributed by atoms with E-state index >= 15 is 0 Å². The number of fused-ring (bicyclic) bond motifs is 1. The third-order valence-corrected chi connectivity index (χ3v) is 5.83. The maximum absolute atomic E-state index is 13.3. The molecule has 1 aliphatic heterocycles. The van der Waals surface area contributed by atoms with Gasteiger partial charge in [0.05, 0.1) is 5.69 Å². The number of carbonyl (C=O) groups excluding carboxylic acids is 2. The molecule has 0 bridgehead atoms. The average Bonchev–Trinajstić information content (AvgIpc) is 3.26. The van der Waals surface area contributed by atoms with Crippen LogP contribution in [0.4, 0.5) is 5.69 Å². The standard InChI is InChI=1S/C26H19N3O2S/c1-17-7-2-5-11-23(17)29-25(31)22(24(30)27-26(29)32)16-20-10-6-14-28(20)21-13-12-18-8-3-4-9-19(18)15-21/h2-16H,1H3,(H,27,30,32)/b22-16+. The fraction of sp³-hybridized carbons (Fsp3) is 0.0385. The van der Waals surface area contributed by atoms with Crippen molar-refractivity contribution >= 4 is 51.7 Å². The molecule has 0 saturated carbocycles. The van der Waals surface area contributed by atoms with Crippen molar-refractivity contribution in [1.29, 1.82) is 0 Å². The van der Waals surface area contributed by atoms with Gasteiger partial charge >= 0.3 is 0 Å². The molecular formula is C26H19N3O2S. The highest BCUT2D eigenvalue weighted by molar-refractivity contribution is 7.80. The van der Waals surface area contributed by atoms with Crippen LogP contribution >= 0.6 is 12.2 Å². The number of rotatable bonds is 3. The number of thiocarbonyl (C=S) groups is 1. The molecule has 1 aliphatic rings. The first-order valence-corrected chi connectivity index (χ1v) is 10.6. The molecule has 0 aliphatic carbocycles. The molecule has 0 radical (unpaired) electrons. The van der Waals surface area contributed by atoms with E-state index in [1.165, 1.54) is 4.90 Å².